The maximum atomic E-state index is 12.8. The molecule has 34 heavy (non-hydrogen) atoms. The zero-order chi connectivity index (χ0) is 23.7. The van der Waals surface area contributed by atoms with E-state index in [-0.39, 0.29) is 11.7 Å². The Kier molecular flexibility index (Phi) is 6.12. The van der Waals surface area contributed by atoms with E-state index in [1.165, 1.54) is 11.8 Å². The predicted octanol–water partition coefficient (Wildman–Crippen LogP) is 4.83. The summed E-state index contributed by atoms with van der Waals surface area (Å²) in [7, 11) is 1.64. The van der Waals surface area contributed by atoms with Crippen LogP contribution in [0.15, 0.2) is 66.0 Å². The number of rotatable bonds is 7. The van der Waals surface area contributed by atoms with Gasteiger partial charge in [0, 0.05) is 22.5 Å². The highest BCUT2D eigenvalue weighted by atomic mass is 35.5. The molecule has 5 aromatic rings. The minimum absolute atomic E-state index is 0.164. The number of nitrogens with one attached hydrogen (secondary N) is 1. The highest BCUT2D eigenvalue weighted by molar-refractivity contribution is 7.99. The van der Waals surface area contributed by atoms with Crippen molar-refractivity contribution in [2.45, 2.75) is 18.6 Å². The number of carbonyl (C=O) groups excluding carboxylic acids is 1. The van der Waals surface area contributed by atoms with Gasteiger partial charge in [-0.1, -0.05) is 41.6 Å². The van der Waals surface area contributed by atoms with Gasteiger partial charge < -0.3 is 10.1 Å². The van der Waals surface area contributed by atoms with E-state index in [1.54, 1.807) is 24.1 Å². The molecule has 5 rings (SSSR count). The fourth-order valence-corrected chi connectivity index (χ4v) is 4.73. The fourth-order valence-electron chi connectivity index (χ4n) is 3.78. The molecule has 0 spiro atoms. The molecule has 0 unspecified atom stereocenters. The normalized spacial score (nSPS) is 11.3. The van der Waals surface area contributed by atoms with Crippen molar-refractivity contribution in [1.82, 2.24) is 24.4 Å². The summed E-state index contributed by atoms with van der Waals surface area (Å²) in [6, 6.07) is 17.2. The van der Waals surface area contributed by atoms with E-state index in [1.807, 2.05) is 59.9 Å². The molecular formula is C24H21ClN6O2S. The van der Waals surface area contributed by atoms with Crippen molar-refractivity contribution in [3.05, 3.63) is 76.9 Å². The van der Waals surface area contributed by atoms with Crippen molar-refractivity contribution in [3.63, 3.8) is 0 Å². The number of halogens is 1. The highest BCUT2D eigenvalue weighted by Gasteiger charge is 2.15. The van der Waals surface area contributed by atoms with E-state index in [2.05, 4.69) is 20.6 Å². The third-order valence-electron chi connectivity index (χ3n) is 5.47. The Labute approximate surface area is 204 Å². The first-order valence-electron chi connectivity index (χ1n) is 10.5. The van der Waals surface area contributed by atoms with Crippen molar-refractivity contribution in [2.24, 2.45) is 0 Å². The summed E-state index contributed by atoms with van der Waals surface area (Å²) in [6.07, 6.45) is 1.65. The molecule has 0 atom stereocenters. The van der Waals surface area contributed by atoms with E-state index < -0.39 is 0 Å². The van der Waals surface area contributed by atoms with Crippen LogP contribution in [0, 0.1) is 6.92 Å². The van der Waals surface area contributed by atoms with Crippen LogP contribution in [0.4, 0.5) is 5.82 Å². The van der Waals surface area contributed by atoms with Crippen molar-refractivity contribution in [3.8, 4) is 5.75 Å². The van der Waals surface area contributed by atoms with Crippen molar-refractivity contribution in [2.75, 3.05) is 18.2 Å². The summed E-state index contributed by atoms with van der Waals surface area (Å²) in [5.74, 6) is 1.34. The smallest absolute Gasteiger partial charge is 0.235 e. The Hall–Kier alpha value is -3.56. The highest BCUT2D eigenvalue weighted by Crippen LogP contribution is 2.28. The van der Waals surface area contributed by atoms with Crippen LogP contribution in [-0.2, 0) is 11.3 Å². The van der Waals surface area contributed by atoms with Gasteiger partial charge >= 0.3 is 0 Å². The number of nitrogens with zero attached hydrogens (tertiary/aromatic N) is 5. The van der Waals surface area contributed by atoms with Gasteiger partial charge in [-0.25, -0.2) is 4.68 Å². The maximum Gasteiger partial charge on any atom is 0.235 e. The number of anilines is 1. The third kappa shape index (κ3) is 4.32. The van der Waals surface area contributed by atoms with Gasteiger partial charge in [-0.05, 0) is 42.3 Å². The summed E-state index contributed by atoms with van der Waals surface area (Å²) in [4.78, 5) is 12.8. The van der Waals surface area contributed by atoms with Gasteiger partial charge in [0.2, 0.25) is 5.91 Å². The molecule has 0 saturated carbocycles. The van der Waals surface area contributed by atoms with E-state index in [0.29, 0.717) is 22.5 Å². The van der Waals surface area contributed by atoms with Gasteiger partial charge in [-0.2, -0.15) is 5.10 Å². The molecule has 2 aromatic carbocycles. The van der Waals surface area contributed by atoms with Crippen molar-refractivity contribution >= 4 is 51.6 Å². The maximum absolute atomic E-state index is 12.8. The minimum Gasteiger partial charge on any atom is -0.497 e. The first-order valence-corrected chi connectivity index (χ1v) is 11.9. The lowest BCUT2D eigenvalue weighted by Gasteiger charge is -2.11. The number of amides is 1. The largest absolute Gasteiger partial charge is 0.497 e. The molecule has 0 aliphatic rings. The standard InChI is InChI=1S/C24H21ClN6O2S/c1-15-11-22-28-29-24(31(22)20-12-17(33-2)7-8-18(15)20)34-14-23(32)27-21-9-10-26-30(21)13-16-5-3-4-6-19(16)25/h3-12H,13-14H2,1-2H3,(H,27,32). The number of aryl methyl sites for hydroxylation is 1. The number of hydrogen-bond donors (Lipinski definition) is 1. The van der Waals surface area contributed by atoms with Crippen molar-refractivity contribution in [1.29, 1.82) is 0 Å². The summed E-state index contributed by atoms with van der Waals surface area (Å²) in [5, 5.41) is 18.2. The molecule has 1 amide bonds. The molecule has 0 aliphatic carbocycles. The van der Waals surface area contributed by atoms with Crippen molar-refractivity contribution < 1.29 is 9.53 Å². The van der Waals surface area contributed by atoms with Crippen LogP contribution in [-0.4, -0.2) is 43.1 Å². The number of carbonyl (C=O) groups is 1. The SMILES string of the molecule is COc1ccc2c(C)cc3nnc(SCC(=O)Nc4ccnn4Cc4ccccc4Cl)n3c2c1. The zero-order valence-corrected chi connectivity index (χ0v) is 20.1. The summed E-state index contributed by atoms with van der Waals surface area (Å²) < 4.78 is 9.06. The number of benzene rings is 2. The molecule has 172 valence electrons. The van der Waals surface area contributed by atoms with Crippen LogP contribution in [0.3, 0.4) is 0 Å². The van der Waals surface area contributed by atoms with Crippen LogP contribution in [0.5, 0.6) is 5.75 Å². The molecule has 3 aromatic heterocycles. The number of thioether (sulfide) groups is 1. The van der Waals surface area contributed by atoms with Crippen LogP contribution in [0.2, 0.25) is 5.02 Å². The first-order chi connectivity index (χ1) is 16.5. The second-order valence-electron chi connectivity index (χ2n) is 7.69. The fraction of sp³-hybridized carbons (Fsp3) is 0.167. The van der Waals surface area contributed by atoms with Crippen LogP contribution in [0.25, 0.3) is 16.6 Å². The second-order valence-corrected chi connectivity index (χ2v) is 9.04. The van der Waals surface area contributed by atoms with E-state index in [4.69, 9.17) is 16.3 Å². The molecule has 8 nitrogen and oxygen atoms in total. The minimum atomic E-state index is -0.170. The molecule has 0 saturated heterocycles. The molecule has 0 fully saturated rings. The lowest BCUT2D eigenvalue weighted by Crippen LogP contribution is -2.18. The Bertz CT molecular complexity index is 1510. The molecule has 0 aliphatic heterocycles. The number of aromatic nitrogens is 5. The summed E-state index contributed by atoms with van der Waals surface area (Å²) in [5.41, 5.74) is 3.67. The van der Waals surface area contributed by atoms with E-state index in [9.17, 15) is 4.79 Å². The molecular weight excluding hydrogens is 472 g/mol. The van der Waals surface area contributed by atoms with Gasteiger partial charge in [0.1, 0.15) is 11.6 Å². The topological polar surface area (TPSA) is 86.3 Å². The van der Waals surface area contributed by atoms with Crippen LogP contribution in [0.1, 0.15) is 11.1 Å². The van der Waals surface area contributed by atoms with Crippen LogP contribution >= 0.6 is 23.4 Å². The van der Waals surface area contributed by atoms with Gasteiger partial charge in [0.05, 0.1) is 31.1 Å². The van der Waals surface area contributed by atoms with Gasteiger partial charge in [0.15, 0.2) is 10.8 Å². The number of fused-ring (bicyclic) bond motifs is 3. The summed E-state index contributed by atoms with van der Waals surface area (Å²) >= 11 is 7.59. The Morgan fingerprint density at radius 3 is 2.82 bits per heavy atom. The average Bonchev–Trinajstić information content (AvgIpc) is 3.45. The summed E-state index contributed by atoms with van der Waals surface area (Å²) in [6.45, 7) is 2.49. The lowest BCUT2D eigenvalue weighted by atomic mass is 10.1. The quantitative estimate of drug-likeness (QED) is 0.327. The van der Waals surface area contributed by atoms with E-state index >= 15 is 0 Å². The predicted molar refractivity (Wildman–Crippen MR) is 134 cm³/mol. The Morgan fingerprint density at radius 1 is 1.15 bits per heavy atom. The first kappa shape index (κ1) is 22.2. The van der Waals surface area contributed by atoms with Gasteiger partial charge in [0.25, 0.3) is 0 Å². The molecule has 0 bridgehead atoms. The third-order valence-corrected chi connectivity index (χ3v) is 6.77. The molecule has 1 N–H and O–H groups in total. The Balaban J connectivity index is 1.34. The van der Waals surface area contributed by atoms with E-state index in [0.717, 1.165) is 33.4 Å². The van der Waals surface area contributed by atoms with Gasteiger partial charge in [-0.15, -0.1) is 10.2 Å². The number of methoxy groups -OCH3 is 1. The number of ether oxygens (including phenoxy) is 1. The molecule has 3 heterocycles. The second kappa shape index (κ2) is 9.36. The molecule has 0 radical (unpaired) electrons. The average molecular weight is 493 g/mol. The zero-order valence-electron chi connectivity index (χ0n) is 18.5. The monoisotopic (exact) mass is 492 g/mol. The number of hydrogen-bond acceptors (Lipinski definition) is 6. The lowest BCUT2D eigenvalue weighted by molar-refractivity contribution is -0.113. The molecule has 10 heteroatoms. The van der Waals surface area contributed by atoms with Crippen LogP contribution < -0.4 is 10.1 Å². The number of pyridine rings is 1. The Morgan fingerprint density at radius 2 is 2.00 bits per heavy atom. The van der Waals surface area contributed by atoms with Gasteiger partial charge in [-0.3, -0.25) is 9.20 Å².